The number of fused-ring (bicyclic) bond motifs is 3. The molecular formula is C17H18FN7. The van der Waals surface area contributed by atoms with Gasteiger partial charge in [0.1, 0.15) is 11.6 Å². The smallest absolute Gasteiger partial charge is 0.203 e. The molecule has 0 spiro atoms. The summed E-state index contributed by atoms with van der Waals surface area (Å²) >= 11 is 0. The van der Waals surface area contributed by atoms with Crippen LogP contribution in [0.25, 0.3) is 5.65 Å². The van der Waals surface area contributed by atoms with Crippen LogP contribution in [0.15, 0.2) is 30.9 Å². The molecule has 0 saturated carbocycles. The van der Waals surface area contributed by atoms with Crippen molar-refractivity contribution in [3.05, 3.63) is 48.1 Å². The Morgan fingerprint density at radius 1 is 1.20 bits per heavy atom. The summed E-state index contributed by atoms with van der Waals surface area (Å²) < 4.78 is 15.3. The van der Waals surface area contributed by atoms with Crippen LogP contribution >= 0.6 is 0 Å². The highest BCUT2D eigenvalue weighted by Crippen LogP contribution is 2.35. The molecule has 2 unspecified atom stereocenters. The number of hydrogen-bond acceptors (Lipinski definition) is 6. The van der Waals surface area contributed by atoms with Crippen LogP contribution in [0.5, 0.6) is 0 Å². The van der Waals surface area contributed by atoms with Gasteiger partial charge in [-0.05, 0) is 25.0 Å². The third-order valence-electron chi connectivity index (χ3n) is 5.25. The number of aromatic nitrogens is 5. The summed E-state index contributed by atoms with van der Waals surface area (Å²) in [6, 6.07) is 2.42. The molecule has 25 heavy (non-hydrogen) atoms. The number of rotatable bonds is 3. The van der Waals surface area contributed by atoms with Crippen molar-refractivity contribution in [2.75, 3.05) is 18.0 Å². The molecule has 7 nitrogen and oxygen atoms in total. The van der Waals surface area contributed by atoms with E-state index in [1.54, 1.807) is 18.5 Å². The van der Waals surface area contributed by atoms with E-state index in [2.05, 4.69) is 30.0 Å². The lowest BCUT2D eigenvalue weighted by molar-refractivity contribution is 0.229. The maximum Gasteiger partial charge on any atom is 0.203 e. The zero-order valence-electron chi connectivity index (χ0n) is 13.9. The van der Waals surface area contributed by atoms with Gasteiger partial charge in [0.2, 0.25) is 5.65 Å². The molecular weight excluding hydrogens is 321 g/mol. The standard InChI is InChI=1S/C17H18FN7/c1-11-21-22-17-16(20-2-3-24(11)17)25-10-14-5-15(25)9-23(14)8-12-4-13(18)7-19-6-12/h2-4,6-7,14-15H,5,8-10H2,1H3. The second-order valence-electron chi connectivity index (χ2n) is 6.83. The van der Waals surface area contributed by atoms with Crippen molar-refractivity contribution in [3.8, 4) is 0 Å². The number of anilines is 1. The summed E-state index contributed by atoms with van der Waals surface area (Å²) in [6.07, 6.45) is 7.79. The van der Waals surface area contributed by atoms with Gasteiger partial charge in [0, 0.05) is 50.3 Å². The molecule has 3 aromatic rings. The molecule has 0 aliphatic carbocycles. The highest BCUT2D eigenvalue weighted by atomic mass is 19.1. The average Bonchev–Trinajstić information content (AvgIpc) is 3.29. The molecule has 0 radical (unpaired) electrons. The van der Waals surface area contributed by atoms with Gasteiger partial charge in [0.25, 0.3) is 0 Å². The Morgan fingerprint density at radius 2 is 2.12 bits per heavy atom. The molecule has 0 aromatic carbocycles. The fourth-order valence-electron chi connectivity index (χ4n) is 4.11. The molecule has 3 aromatic heterocycles. The van der Waals surface area contributed by atoms with Gasteiger partial charge in [-0.1, -0.05) is 0 Å². The Balaban J connectivity index is 1.37. The van der Waals surface area contributed by atoms with Gasteiger partial charge < -0.3 is 4.90 Å². The van der Waals surface area contributed by atoms with Crippen molar-refractivity contribution >= 4 is 11.5 Å². The topological polar surface area (TPSA) is 62.5 Å². The van der Waals surface area contributed by atoms with Gasteiger partial charge in [-0.3, -0.25) is 14.3 Å². The minimum absolute atomic E-state index is 0.276. The number of nitrogens with zero attached hydrogens (tertiary/aromatic N) is 7. The number of aryl methyl sites for hydroxylation is 1. The van der Waals surface area contributed by atoms with E-state index in [4.69, 9.17) is 0 Å². The van der Waals surface area contributed by atoms with E-state index >= 15 is 0 Å². The van der Waals surface area contributed by atoms with Crippen molar-refractivity contribution in [2.45, 2.75) is 32.0 Å². The van der Waals surface area contributed by atoms with E-state index in [9.17, 15) is 4.39 Å². The molecule has 2 saturated heterocycles. The van der Waals surface area contributed by atoms with Gasteiger partial charge in [0.05, 0.1) is 6.20 Å². The third-order valence-corrected chi connectivity index (χ3v) is 5.25. The zero-order valence-corrected chi connectivity index (χ0v) is 13.9. The van der Waals surface area contributed by atoms with Gasteiger partial charge in [-0.25, -0.2) is 9.37 Å². The molecule has 2 aliphatic rings. The normalized spacial score (nSPS) is 23.0. The number of pyridine rings is 1. The maximum absolute atomic E-state index is 13.3. The first-order valence-electron chi connectivity index (χ1n) is 8.45. The van der Waals surface area contributed by atoms with Crippen LogP contribution in [0.2, 0.25) is 0 Å². The second-order valence-corrected chi connectivity index (χ2v) is 6.83. The molecule has 128 valence electrons. The second kappa shape index (κ2) is 5.45. The van der Waals surface area contributed by atoms with Crippen LogP contribution in [0, 0.1) is 12.7 Å². The Bertz CT molecular complexity index is 940. The van der Waals surface area contributed by atoms with Crippen LogP contribution in [-0.4, -0.2) is 54.6 Å². The Labute approximate surface area is 144 Å². The molecule has 2 aliphatic heterocycles. The number of likely N-dealkylation sites (tertiary alicyclic amines) is 1. The summed E-state index contributed by atoms with van der Waals surface area (Å²) in [4.78, 5) is 13.3. The van der Waals surface area contributed by atoms with Crippen molar-refractivity contribution in [3.63, 3.8) is 0 Å². The quantitative estimate of drug-likeness (QED) is 0.719. The van der Waals surface area contributed by atoms with E-state index in [0.717, 1.165) is 48.9 Å². The van der Waals surface area contributed by atoms with Crippen LogP contribution in [0.1, 0.15) is 17.8 Å². The van der Waals surface area contributed by atoms with Crippen molar-refractivity contribution in [2.24, 2.45) is 0 Å². The SMILES string of the molecule is Cc1nnc2c(N3CC4CC3CN4Cc3cncc(F)c3)nccn12. The van der Waals surface area contributed by atoms with Crippen LogP contribution in [-0.2, 0) is 6.54 Å². The van der Waals surface area contributed by atoms with Gasteiger partial charge >= 0.3 is 0 Å². The Morgan fingerprint density at radius 3 is 2.92 bits per heavy atom. The first-order valence-corrected chi connectivity index (χ1v) is 8.45. The lowest BCUT2D eigenvalue weighted by Gasteiger charge is -2.34. The summed E-state index contributed by atoms with van der Waals surface area (Å²) in [7, 11) is 0. The molecule has 5 heterocycles. The first kappa shape index (κ1) is 14.7. The van der Waals surface area contributed by atoms with E-state index < -0.39 is 0 Å². The van der Waals surface area contributed by atoms with E-state index in [1.807, 2.05) is 17.5 Å². The van der Waals surface area contributed by atoms with Crippen molar-refractivity contribution in [1.29, 1.82) is 0 Å². The van der Waals surface area contributed by atoms with E-state index in [1.165, 1.54) is 6.20 Å². The molecule has 2 bridgehead atoms. The number of piperazine rings is 1. The van der Waals surface area contributed by atoms with Crippen LogP contribution in [0.4, 0.5) is 10.2 Å². The van der Waals surface area contributed by atoms with Crippen LogP contribution in [0.3, 0.4) is 0 Å². The summed E-state index contributed by atoms with van der Waals surface area (Å²) in [5, 5.41) is 8.45. The van der Waals surface area contributed by atoms with Crippen molar-refractivity contribution < 1.29 is 4.39 Å². The largest absolute Gasteiger partial charge is 0.348 e. The average molecular weight is 339 g/mol. The Kier molecular flexibility index (Phi) is 3.21. The highest BCUT2D eigenvalue weighted by Gasteiger charge is 2.44. The Hall–Kier alpha value is -2.61. The van der Waals surface area contributed by atoms with E-state index in [0.29, 0.717) is 12.1 Å². The lowest BCUT2D eigenvalue weighted by Crippen LogP contribution is -2.46. The fourth-order valence-corrected chi connectivity index (χ4v) is 4.11. The molecule has 5 rings (SSSR count). The molecule has 0 N–H and O–H groups in total. The zero-order chi connectivity index (χ0) is 17.0. The monoisotopic (exact) mass is 339 g/mol. The molecule has 2 atom stereocenters. The predicted molar refractivity (Wildman–Crippen MR) is 89.7 cm³/mol. The third kappa shape index (κ3) is 2.36. The van der Waals surface area contributed by atoms with Gasteiger partial charge in [-0.2, -0.15) is 0 Å². The van der Waals surface area contributed by atoms with Gasteiger partial charge in [0.15, 0.2) is 5.82 Å². The maximum atomic E-state index is 13.3. The fraction of sp³-hybridized carbons (Fsp3) is 0.412. The molecule has 2 fully saturated rings. The minimum Gasteiger partial charge on any atom is -0.348 e. The summed E-state index contributed by atoms with van der Waals surface area (Å²) in [5.41, 5.74) is 1.74. The summed E-state index contributed by atoms with van der Waals surface area (Å²) in [6.45, 7) is 4.53. The number of hydrogen-bond donors (Lipinski definition) is 0. The van der Waals surface area contributed by atoms with Crippen molar-refractivity contribution in [1.82, 2.24) is 29.5 Å². The number of halogens is 1. The molecule has 8 heteroatoms. The van der Waals surface area contributed by atoms with E-state index in [-0.39, 0.29) is 5.82 Å². The molecule has 0 amide bonds. The van der Waals surface area contributed by atoms with Crippen LogP contribution < -0.4 is 4.90 Å². The highest BCUT2D eigenvalue weighted by molar-refractivity contribution is 5.65. The predicted octanol–water partition coefficient (Wildman–Crippen LogP) is 1.43. The minimum atomic E-state index is -0.276. The summed E-state index contributed by atoms with van der Waals surface area (Å²) in [5.74, 6) is 1.49. The first-order chi connectivity index (χ1) is 12.2. The lowest BCUT2D eigenvalue weighted by atomic mass is 10.2. The van der Waals surface area contributed by atoms with Gasteiger partial charge in [-0.15, -0.1) is 10.2 Å².